The fraction of sp³-hybridized carbons (Fsp3) is 0. The summed E-state index contributed by atoms with van der Waals surface area (Å²) in [4.78, 5) is 51.5. The Balaban J connectivity index is 0.000000136. The summed E-state index contributed by atoms with van der Waals surface area (Å²) >= 11 is 0. The number of aromatic nitrogens is 11. The maximum atomic E-state index is 6.56. The minimum atomic E-state index is 0.531. The highest BCUT2D eigenvalue weighted by atomic mass is 16.3. The molecule has 0 N–H and O–H groups in total. The number of nitrogens with zero attached hydrogens (tertiary/aromatic N) is 11. The summed E-state index contributed by atoms with van der Waals surface area (Å²) in [6.07, 6.45) is 0. The molecule has 15 heteroatoms. The average molecular weight is 1530 g/mol. The van der Waals surface area contributed by atoms with Gasteiger partial charge in [0.15, 0.2) is 51.9 Å². The molecule has 0 aliphatic heterocycles. The molecule has 0 amide bonds. The molecule has 25 rings (SSSR count). The van der Waals surface area contributed by atoms with Crippen LogP contribution < -0.4 is 0 Å². The van der Waals surface area contributed by atoms with Gasteiger partial charge in [0.25, 0.3) is 0 Å². The van der Waals surface area contributed by atoms with Crippen LogP contribution in [0.25, 0.3) is 250 Å². The van der Waals surface area contributed by atoms with E-state index in [9.17, 15) is 0 Å². The van der Waals surface area contributed by atoms with Crippen LogP contribution in [0.4, 0.5) is 0 Å². The van der Waals surface area contributed by atoms with E-state index >= 15 is 0 Å². The normalized spacial score (nSPS) is 11.9. The maximum absolute atomic E-state index is 6.56. The van der Waals surface area contributed by atoms with Gasteiger partial charge in [-0.1, -0.05) is 267 Å². The second-order valence-electron chi connectivity index (χ2n) is 29.6. The van der Waals surface area contributed by atoms with Gasteiger partial charge in [-0.05, 0) is 123 Å². The molecule has 0 aliphatic carbocycles. The van der Waals surface area contributed by atoms with Gasteiger partial charge in [-0.2, -0.15) is 9.97 Å². The summed E-state index contributed by atoms with van der Waals surface area (Å²) in [6, 6.07) is 121. The third kappa shape index (κ3) is 11.1. The van der Waals surface area contributed by atoms with Crippen molar-refractivity contribution >= 4 is 142 Å². The van der Waals surface area contributed by atoms with E-state index in [1.807, 2.05) is 231 Å². The molecule has 0 unspecified atom stereocenters. The van der Waals surface area contributed by atoms with E-state index in [-0.39, 0.29) is 0 Å². The summed E-state index contributed by atoms with van der Waals surface area (Å²) in [5.41, 5.74) is 18.6. The first kappa shape index (κ1) is 67.0. The molecular weight excluding hydrogens is 1470 g/mol. The lowest BCUT2D eigenvalue weighted by atomic mass is 9.93. The lowest BCUT2D eigenvalue weighted by molar-refractivity contribution is 0.666. The van der Waals surface area contributed by atoms with Crippen LogP contribution in [0.15, 0.2) is 376 Å². The van der Waals surface area contributed by atoms with Crippen LogP contribution in [0, 0.1) is 0 Å². The van der Waals surface area contributed by atoms with Gasteiger partial charge in [0, 0.05) is 93.2 Å². The second kappa shape index (κ2) is 27.1. The molecule has 9 aromatic heterocycles. The Hall–Kier alpha value is -16.5. The summed E-state index contributed by atoms with van der Waals surface area (Å²) in [6.45, 7) is 0. The smallest absolute Gasteiger partial charge is 0.238 e. The zero-order valence-electron chi connectivity index (χ0n) is 63.1. The van der Waals surface area contributed by atoms with Crippen LogP contribution in [0.5, 0.6) is 0 Å². The van der Waals surface area contributed by atoms with Crippen LogP contribution in [0.3, 0.4) is 0 Å². The minimum Gasteiger partial charge on any atom is -0.456 e. The van der Waals surface area contributed by atoms with E-state index < -0.39 is 0 Å². The Labute approximate surface area is 676 Å². The molecular formula is C104H59N11O4. The van der Waals surface area contributed by atoms with Crippen molar-refractivity contribution < 1.29 is 17.7 Å². The van der Waals surface area contributed by atoms with Gasteiger partial charge in [-0.3, -0.25) is 4.57 Å². The summed E-state index contributed by atoms with van der Waals surface area (Å²) in [7, 11) is 0. The standard InChI is InChI=1S/C55H31N5O2.C49H28N6O2/c1-3-14-32(15-4-1)52-56-49(51-50(57-52)41-22-11-12-24-45(41)62-51)34-27-29-46-44(30-34)48-42(23-13-25-47(48)61-46)55-59-53(33-16-5-2-6-17-33)58-54(60-55)35-26-28-40-38-20-8-7-18-36(38)37-19-9-10-21-39(37)43(40)31-35;1-3-14-29(15-4-1)46-50-43(45-44(51-46)34-20-9-12-24-39(34)57-45)31-26-27-40-36(28-31)42-35(21-13-25-41(42)56-40)48-52-47(30-16-5-2-6-17-30)53-49(54-48)55-37-22-10-7-18-32(37)33-19-8-11-23-38(33)55/h1-31H;1-28H. The summed E-state index contributed by atoms with van der Waals surface area (Å²) in [5, 5.41) is 14.9. The highest BCUT2D eigenvalue weighted by molar-refractivity contribution is 6.26. The molecule has 0 saturated heterocycles. The Morgan fingerprint density at radius 3 is 0.966 bits per heavy atom. The van der Waals surface area contributed by atoms with Gasteiger partial charge in [0.1, 0.15) is 55.9 Å². The Morgan fingerprint density at radius 1 is 0.185 bits per heavy atom. The van der Waals surface area contributed by atoms with Crippen LogP contribution in [-0.2, 0) is 0 Å². The molecule has 0 radical (unpaired) electrons. The fourth-order valence-electron chi connectivity index (χ4n) is 17.2. The lowest BCUT2D eigenvalue weighted by Gasteiger charge is -2.13. The number of benzene rings is 16. The number of hydrogen-bond acceptors (Lipinski definition) is 14. The van der Waals surface area contributed by atoms with E-state index in [0.29, 0.717) is 69.3 Å². The van der Waals surface area contributed by atoms with Gasteiger partial charge in [-0.25, -0.2) is 39.9 Å². The molecule has 16 aromatic carbocycles. The Kier molecular flexibility index (Phi) is 15.3. The molecule has 554 valence electrons. The van der Waals surface area contributed by atoms with Crippen molar-refractivity contribution in [1.29, 1.82) is 0 Å². The van der Waals surface area contributed by atoms with Crippen molar-refractivity contribution in [3.8, 4) is 108 Å². The molecule has 119 heavy (non-hydrogen) atoms. The number of para-hydroxylation sites is 4. The van der Waals surface area contributed by atoms with Crippen LogP contribution in [0.2, 0.25) is 0 Å². The molecule has 9 heterocycles. The van der Waals surface area contributed by atoms with E-state index in [2.05, 4.69) is 132 Å². The van der Waals surface area contributed by atoms with E-state index in [0.717, 1.165) is 154 Å². The second-order valence-corrected chi connectivity index (χ2v) is 29.6. The van der Waals surface area contributed by atoms with Crippen molar-refractivity contribution in [1.82, 2.24) is 54.4 Å². The molecule has 0 saturated carbocycles. The van der Waals surface area contributed by atoms with Crippen molar-refractivity contribution in [2.24, 2.45) is 0 Å². The topological polar surface area (TPSA) is 186 Å². The highest BCUT2D eigenvalue weighted by Crippen LogP contribution is 2.46. The Bertz CT molecular complexity index is 8360. The van der Waals surface area contributed by atoms with Gasteiger partial charge in [0.2, 0.25) is 5.95 Å². The largest absolute Gasteiger partial charge is 0.456 e. The highest BCUT2D eigenvalue weighted by Gasteiger charge is 2.27. The van der Waals surface area contributed by atoms with E-state index in [4.69, 9.17) is 67.5 Å². The van der Waals surface area contributed by atoms with Crippen molar-refractivity contribution in [3.63, 3.8) is 0 Å². The third-order valence-electron chi connectivity index (χ3n) is 22.6. The maximum Gasteiger partial charge on any atom is 0.238 e. The lowest BCUT2D eigenvalue weighted by Crippen LogP contribution is -2.06. The molecule has 0 atom stereocenters. The Morgan fingerprint density at radius 2 is 0.504 bits per heavy atom. The molecule has 0 spiro atoms. The van der Waals surface area contributed by atoms with Crippen LogP contribution in [-0.4, -0.2) is 54.4 Å². The monoisotopic (exact) mass is 1530 g/mol. The van der Waals surface area contributed by atoms with Crippen LogP contribution in [0.1, 0.15) is 0 Å². The molecule has 0 aliphatic rings. The summed E-state index contributed by atoms with van der Waals surface area (Å²) in [5.74, 6) is 4.60. The first-order valence-electron chi connectivity index (χ1n) is 39.3. The van der Waals surface area contributed by atoms with Crippen molar-refractivity contribution in [2.45, 2.75) is 0 Å². The van der Waals surface area contributed by atoms with Crippen molar-refractivity contribution in [3.05, 3.63) is 358 Å². The molecule has 15 nitrogen and oxygen atoms in total. The average Bonchev–Trinajstić information content (AvgIpc) is 1.71. The molecule has 0 bridgehead atoms. The summed E-state index contributed by atoms with van der Waals surface area (Å²) < 4.78 is 28.2. The SMILES string of the molecule is c1ccc(-c2nc(-c3ccc4c5ccccc5c5ccccc5c4c3)nc(-c3cccc4oc5ccc(-c6nc(-c7ccccc7)nc7c6oc6ccccc67)cc5c34)n2)cc1.c1ccc(-c2nc(-c3cccc4oc5ccc(-c6nc(-c7ccccc7)nc7c6oc6ccccc67)cc5c34)nc(-n3c4ccccc4c4ccccc43)n2)cc1. The van der Waals surface area contributed by atoms with E-state index in [1.54, 1.807) is 0 Å². The van der Waals surface area contributed by atoms with Gasteiger partial charge in [-0.15, -0.1) is 0 Å². The quantitative estimate of drug-likeness (QED) is 0.118. The van der Waals surface area contributed by atoms with Crippen LogP contribution >= 0.6 is 0 Å². The third-order valence-corrected chi connectivity index (χ3v) is 22.6. The fourth-order valence-corrected chi connectivity index (χ4v) is 17.2. The van der Waals surface area contributed by atoms with E-state index in [1.165, 1.54) is 26.9 Å². The van der Waals surface area contributed by atoms with Gasteiger partial charge in [0.05, 0.1) is 11.0 Å². The first-order chi connectivity index (χ1) is 59.0. The molecule has 0 fully saturated rings. The predicted octanol–water partition coefficient (Wildman–Crippen LogP) is 26.5. The zero-order chi connectivity index (χ0) is 78.2. The van der Waals surface area contributed by atoms with Gasteiger partial charge >= 0.3 is 0 Å². The zero-order valence-corrected chi connectivity index (χ0v) is 63.1. The number of rotatable bonds is 10. The predicted molar refractivity (Wildman–Crippen MR) is 476 cm³/mol. The van der Waals surface area contributed by atoms with Crippen molar-refractivity contribution in [2.75, 3.05) is 0 Å². The first-order valence-corrected chi connectivity index (χ1v) is 39.3. The number of hydrogen-bond donors (Lipinski definition) is 0. The molecule has 25 aromatic rings. The van der Waals surface area contributed by atoms with Gasteiger partial charge < -0.3 is 17.7 Å². The number of fused-ring (bicyclic) bond motifs is 21. The number of furan rings is 4. The minimum absolute atomic E-state index is 0.531.